The average Bonchev–Trinajstić information content (AvgIpc) is 3.56. The van der Waals surface area contributed by atoms with Crippen LogP contribution in [-0.2, 0) is 28.1 Å². The highest BCUT2D eigenvalue weighted by Gasteiger charge is 2.54. The number of methoxy groups -OCH3 is 1. The molecule has 5 N–H and O–H groups in total. The first kappa shape index (κ1) is 33.0. The van der Waals surface area contributed by atoms with Gasteiger partial charge in [0.05, 0.1) is 38.8 Å². The lowest BCUT2D eigenvalue weighted by Gasteiger charge is -2.27. The molecular weight excluding hydrogens is 637 g/mol. The Labute approximate surface area is 268 Å². The summed E-state index contributed by atoms with van der Waals surface area (Å²) >= 11 is 0. The maximum absolute atomic E-state index is 14.3. The maximum Gasteiger partial charge on any atom is 0.459 e. The molecule has 17 nitrogen and oxygen atoms in total. The molecule has 0 bridgehead atoms. The number of aromatic nitrogens is 5. The molecule has 0 amide bonds. The summed E-state index contributed by atoms with van der Waals surface area (Å²) in [5.74, 6) is -0.481. The Bertz CT molecular complexity index is 1800. The molecule has 6 rings (SSSR count). The van der Waals surface area contributed by atoms with E-state index in [-0.39, 0.29) is 34.8 Å². The predicted molar refractivity (Wildman–Crippen MR) is 165 cm³/mol. The third kappa shape index (κ3) is 6.87. The van der Waals surface area contributed by atoms with Gasteiger partial charge in [-0.3, -0.25) is 18.9 Å². The summed E-state index contributed by atoms with van der Waals surface area (Å²) < 4.78 is 49.5. The number of nitrogens with one attached hydrogen (secondary N) is 1. The number of fused-ring (bicyclic) bond motifs is 2. The Morgan fingerprint density at radius 2 is 2.04 bits per heavy atom. The molecule has 2 aliphatic heterocycles. The van der Waals surface area contributed by atoms with Crippen molar-refractivity contribution in [2.45, 2.75) is 62.9 Å². The van der Waals surface area contributed by atoms with E-state index in [0.29, 0.717) is 37.0 Å². The molecular formula is C29H36N7O10P. The summed E-state index contributed by atoms with van der Waals surface area (Å²) in [5.41, 5.74) is 5.06. The lowest BCUT2D eigenvalue weighted by Crippen LogP contribution is -2.44. The number of aliphatic hydroxyl groups excluding tert-OH is 1. The van der Waals surface area contributed by atoms with E-state index in [1.165, 1.54) is 31.9 Å². The van der Waals surface area contributed by atoms with E-state index in [0.717, 1.165) is 0 Å². The molecule has 5 heterocycles. The van der Waals surface area contributed by atoms with Crippen molar-refractivity contribution in [3.63, 3.8) is 0 Å². The largest absolute Gasteiger partial charge is 0.479 e. The van der Waals surface area contributed by atoms with Crippen LogP contribution in [0.15, 0.2) is 42.9 Å². The van der Waals surface area contributed by atoms with Gasteiger partial charge in [0.1, 0.15) is 35.7 Å². The van der Waals surface area contributed by atoms with Crippen LogP contribution >= 0.6 is 7.75 Å². The fourth-order valence-corrected chi connectivity index (χ4v) is 6.95. The second-order valence-corrected chi connectivity index (χ2v) is 13.1. The molecule has 18 heteroatoms. The van der Waals surface area contributed by atoms with Crippen LogP contribution in [0, 0.1) is 0 Å². The van der Waals surface area contributed by atoms with Crippen LogP contribution in [0.25, 0.3) is 22.1 Å². The molecule has 2 aliphatic rings. The first-order valence-corrected chi connectivity index (χ1v) is 16.5. The molecule has 0 radical (unpaired) electrons. The summed E-state index contributed by atoms with van der Waals surface area (Å²) in [6.07, 6.45) is -0.260. The standard InChI is InChI=1S/C29H36N7O10P/c1-16(26(38)44-18-8-11-42-12-9-18)35-47(40,46-19-6-7-20-17(13-19)5-4-10-31-20)43-14-21-23(37)29(2,39)27(45-21)36-15-32-22-24(36)33-28(30)34-25(22)41-3/h4-7,10,13,15-16,18,21,23,27,37,39H,8-9,11-12,14H2,1-3H3,(H,35,40)(H2,30,33,34)/t16-,21+,23+,27?,29+,47?/m0/s1. The number of carbonyl (C=O) groups excluding carboxylic acids is 1. The van der Waals surface area contributed by atoms with Crippen molar-refractivity contribution in [2.75, 3.05) is 32.7 Å². The summed E-state index contributed by atoms with van der Waals surface area (Å²) in [4.78, 5) is 29.7. The lowest BCUT2D eigenvalue weighted by atomic mass is 9.96. The monoisotopic (exact) mass is 673 g/mol. The number of rotatable bonds is 11. The molecule has 6 atom stereocenters. The molecule has 0 saturated carbocycles. The molecule has 2 saturated heterocycles. The van der Waals surface area contributed by atoms with E-state index in [1.807, 2.05) is 0 Å². The SMILES string of the molecule is COc1nc(N)nc2c1ncn2C1O[C@H](COP(=O)(N[C@@H](C)C(=O)OC2CCOCC2)Oc2ccc3ncccc3c2)[C@@H](O)[C@@]1(C)O. The first-order chi connectivity index (χ1) is 22.5. The summed E-state index contributed by atoms with van der Waals surface area (Å²) in [6, 6.07) is 7.31. The number of pyridine rings is 1. The van der Waals surface area contributed by atoms with Gasteiger partial charge in [0, 0.05) is 24.4 Å². The fraction of sp³-hybridized carbons (Fsp3) is 0.483. The van der Waals surface area contributed by atoms with Crippen molar-refractivity contribution in [3.05, 3.63) is 42.9 Å². The predicted octanol–water partition coefficient (Wildman–Crippen LogP) is 1.88. The number of aliphatic hydroxyl groups is 2. The number of hydrogen-bond donors (Lipinski definition) is 4. The lowest BCUT2D eigenvalue weighted by molar-refractivity contribution is -0.154. The summed E-state index contributed by atoms with van der Waals surface area (Å²) in [5, 5.41) is 25.9. The minimum absolute atomic E-state index is 0.104. The van der Waals surface area contributed by atoms with Crippen molar-refractivity contribution < 1.29 is 47.6 Å². The Morgan fingerprint density at radius 3 is 2.81 bits per heavy atom. The van der Waals surface area contributed by atoms with Gasteiger partial charge >= 0.3 is 13.7 Å². The number of nitrogens with two attached hydrogens (primary N) is 1. The third-order valence-corrected chi connectivity index (χ3v) is 9.62. The van der Waals surface area contributed by atoms with Crippen LogP contribution in [0.1, 0.15) is 32.9 Å². The first-order valence-electron chi connectivity index (χ1n) is 14.9. The molecule has 252 valence electrons. The van der Waals surface area contributed by atoms with E-state index in [1.54, 1.807) is 36.5 Å². The van der Waals surface area contributed by atoms with Gasteiger partial charge in [-0.05, 0) is 38.1 Å². The topological polar surface area (TPSA) is 225 Å². The van der Waals surface area contributed by atoms with Crippen molar-refractivity contribution >= 4 is 41.7 Å². The number of imidazole rings is 1. The van der Waals surface area contributed by atoms with Crippen molar-refractivity contribution in [1.82, 2.24) is 29.6 Å². The second-order valence-electron chi connectivity index (χ2n) is 11.5. The average molecular weight is 674 g/mol. The molecule has 1 aromatic carbocycles. The Balaban J connectivity index is 1.23. The van der Waals surface area contributed by atoms with Crippen molar-refractivity contribution in [3.8, 4) is 11.6 Å². The summed E-state index contributed by atoms with van der Waals surface area (Å²) in [6.45, 7) is 3.25. The molecule has 2 unspecified atom stereocenters. The van der Waals surface area contributed by atoms with Crippen molar-refractivity contribution in [2.24, 2.45) is 0 Å². The van der Waals surface area contributed by atoms with Gasteiger partial charge in [0.2, 0.25) is 11.8 Å². The third-order valence-electron chi connectivity index (χ3n) is 7.97. The number of anilines is 1. The number of benzene rings is 1. The zero-order valence-corrected chi connectivity index (χ0v) is 26.8. The van der Waals surface area contributed by atoms with E-state index >= 15 is 0 Å². The number of hydrogen-bond acceptors (Lipinski definition) is 15. The molecule has 0 spiro atoms. The highest BCUT2D eigenvalue weighted by molar-refractivity contribution is 7.52. The number of nitrogen functional groups attached to an aromatic ring is 1. The fourth-order valence-electron chi connectivity index (χ4n) is 5.46. The Hall–Kier alpha value is -3.96. The second kappa shape index (κ2) is 13.3. The van der Waals surface area contributed by atoms with Gasteiger partial charge in [-0.15, -0.1) is 0 Å². The number of ether oxygens (including phenoxy) is 4. The highest BCUT2D eigenvalue weighted by atomic mass is 31.2. The zero-order valence-electron chi connectivity index (χ0n) is 25.9. The molecule has 47 heavy (non-hydrogen) atoms. The normalized spacial score (nSPS) is 25.4. The molecule has 4 aromatic rings. The van der Waals surface area contributed by atoms with Gasteiger partial charge in [0.25, 0.3) is 0 Å². The number of nitrogens with zero attached hydrogens (tertiary/aromatic N) is 5. The van der Waals surface area contributed by atoms with Gasteiger partial charge in [0.15, 0.2) is 17.4 Å². The van der Waals surface area contributed by atoms with Crippen LogP contribution < -0.4 is 20.1 Å². The molecule has 0 aliphatic carbocycles. The number of carbonyl (C=O) groups is 1. The van der Waals surface area contributed by atoms with Gasteiger partial charge in [-0.2, -0.15) is 15.1 Å². The summed E-state index contributed by atoms with van der Waals surface area (Å²) in [7, 11) is -2.98. The Morgan fingerprint density at radius 1 is 1.26 bits per heavy atom. The van der Waals surface area contributed by atoms with E-state index in [4.69, 9.17) is 33.7 Å². The van der Waals surface area contributed by atoms with Gasteiger partial charge < -0.3 is 39.4 Å². The van der Waals surface area contributed by atoms with E-state index in [2.05, 4.69) is 25.0 Å². The van der Waals surface area contributed by atoms with E-state index in [9.17, 15) is 19.6 Å². The van der Waals surface area contributed by atoms with Gasteiger partial charge in [-0.1, -0.05) is 6.07 Å². The van der Waals surface area contributed by atoms with Crippen molar-refractivity contribution in [1.29, 1.82) is 0 Å². The van der Waals surface area contributed by atoms with E-state index < -0.39 is 50.4 Å². The minimum atomic E-state index is -4.38. The Kier molecular flexibility index (Phi) is 9.31. The van der Waals surface area contributed by atoms with Crippen LogP contribution in [0.2, 0.25) is 0 Å². The number of esters is 1. The maximum atomic E-state index is 14.3. The quantitative estimate of drug-likeness (QED) is 0.132. The molecule has 3 aromatic heterocycles. The minimum Gasteiger partial charge on any atom is -0.479 e. The molecule has 2 fully saturated rings. The highest BCUT2D eigenvalue weighted by Crippen LogP contribution is 2.47. The zero-order chi connectivity index (χ0) is 33.3. The van der Waals surface area contributed by atoms with Crippen LogP contribution in [-0.4, -0.2) is 97.6 Å². The van der Waals surface area contributed by atoms with Crippen LogP contribution in [0.4, 0.5) is 5.95 Å². The van der Waals surface area contributed by atoms with Gasteiger partial charge in [-0.25, -0.2) is 9.55 Å². The smallest absolute Gasteiger partial charge is 0.459 e. The van der Waals surface area contributed by atoms with Crippen LogP contribution in [0.3, 0.4) is 0 Å². The van der Waals surface area contributed by atoms with Crippen LogP contribution in [0.5, 0.6) is 11.6 Å².